The van der Waals surface area contributed by atoms with Crippen LogP contribution in [0.4, 0.5) is 0 Å². The largest absolute Gasteiger partial charge is 0.481 e. The van der Waals surface area contributed by atoms with Gasteiger partial charge in [0.2, 0.25) is 5.91 Å². The fraction of sp³-hybridized carbons (Fsp3) is 0.368. The highest BCUT2D eigenvalue weighted by molar-refractivity contribution is 6.09. The van der Waals surface area contributed by atoms with Crippen molar-refractivity contribution in [3.63, 3.8) is 0 Å². The van der Waals surface area contributed by atoms with Gasteiger partial charge in [0.1, 0.15) is 0 Å². The number of benzene rings is 1. The Morgan fingerprint density at radius 1 is 1.19 bits per heavy atom. The Kier molecular flexibility index (Phi) is 6.70. The van der Waals surface area contributed by atoms with E-state index in [2.05, 4.69) is 15.6 Å². The van der Waals surface area contributed by atoms with Gasteiger partial charge in [0.25, 0.3) is 5.91 Å². The van der Waals surface area contributed by atoms with E-state index in [0.29, 0.717) is 22.2 Å². The van der Waals surface area contributed by atoms with Crippen LogP contribution in [-0.2, 0) is 9.59 Å². The molecule has 0 fully saturated rings. The zero-order chi connectivity index (χ0) is 20.0. The van der Waals surface area contributed by atoms with Gasteiger partial charge >= 0.3 is 5.97 Å². The van der Waals surface area contributed by atoms with Gasteiger partial charge in [-0.25, -0.2) is 4.98 Å². The van der Waals surface area contributed by atoms with Crippen molar-refractivity contribution in [2.75, 3.05) is 6.73 Å². The van der Waals surface area contributed by atoms with Crippen LogP contribution in [0.25, 0.3) is 10.9 Å². The van der Waals surface area contributed by atoms with E-state index in [1.165, 1.54) is 0 Å². The summed E-state index contributed by atoms with van der Waals surface area (Å²) in [7, 11) is 0. The van der Waals surface area contributed by atoms with Crippen molar-refractivity contribution in [2.24, 2.45) is 0 Å². The molecule has 1 heterocycles. The molecule has 0 saturated heterocycles. The number of para-hydroxylation sites is 1. The van der Waals surface area contributed by atoms with Crippen LogP contribution < -0.4 is 15.4 Å². The van der Waals surface area contributed by atoms with Gasteiger partial charge in [0, 0.05) is 17.8 Å². The number of carboxylic acid groups (broad SMARTS) is 1. The van der Waals surface area contributed by atoms with E-state index in [9.17, 15) is 14.4 Å². The summed E-state index contributed by atoms with van der Waals surface area (Å²) in [5.41, 5.74) is 1.54. The first-order valence-electron chi connectivity index (χ1n) is 8.61. The highest BCUT2D eigenvalue weighted by atomic mass is 16.5. The standard InChI is InChI=1S/C19H23N3O5/c1-11(2)21-19(26)17-13-6-4-5-7-14(13)22-12(3)18(17)27-10-20-15(23)8-9-16(24)25/h4-7,11H,8-10H2,1-3H3,(H,20,23)(H,21,26)(H,24,25). The number of rotatable bonds is 8. The van der Waals surface area contributed by atoms with Crippen molar-refractivity contribution >= 4 is 28.7 Å². The normalized spacial score (nSPS) is 10.7. The molecule has 0 unspecified atom stereocenters. The lowest BCUT2D eigenvalue weighted by atomic mass is 10.1. The zero-order valence-electron chi connectivity index (χ0n) is 15.5. The second kappa shape index (κ2) is 8.98. The van der Waals surface area contributed by atoms with Gasteiger partial charge in [-0.1, -0.05) is 18.2 Å². The fourth-order valence-corrected chi connectivity index (χ4v) is 2.55. The third kappa shape index (κ3) is 5.40. The molecule has 2 rings (SSSR count). The Bertz CT molecular complexity index is 864. The van der Waals surface area contributed by atoms with Gasteiger partial charge < -0.3 is 20.5 Å². The molecule has 0 aliphatic carbocycles. The summed E-state index contributed by atoms with van der Waals surface area (Å²) >= 11 is 0. The van der Waals surface area contributed by atoms with E-state index in [0.717, 1.165) is 0 Å². The summed E-state index contributed by atoms with van der Waals surface area (Å²) in [6.45, 7) is 5.25. The lowest BCUT2D eigenvalue weighted by Crippen LogP contribution is -2.32. The van der Waals surface area contributed by atoms with Gasteiger partial charge in [-0.15, -0.1) is 0 Å². The third-order valence-corrected chi connectivity index (χ3v) is 3.72. The number of pyridine rings is 1. The van der Waals surface area contributed by atoms with Crippen molar-refractivity contribution in [1.29, 1.82) is 0 Å². The fourth-order valence-electron chi connectivity index (χ4n) is 2.55. The average molecular weight is 373 g/mol. The predicted octanol–water partition coefficient (Wildman–Crippen LogP) is 2.00. The first-order valence-corrected chi connectivity index (χ1v) is 8.61. The SMILES string of the molecule is Cc1nc2ccccc2c(C(=O)NC(C)C)c1OCNC(=O)CCC(=O)O. The van der Waals surface area contributed by atoms with E-state index in [1.807, 2.05) is 32.0 Å². The average Bonchev–Trinajstić information content (AvgIpc) is 2.59. The molecule has 0 atom stereocenters. The van der Waals surface area contributed by atoms with E-state index < -0.39 is 11.9 Å². The van der Waals surface area contributed by atoms with E-state index in [-0.39, 0.29) is 37.3 Å². The maximum absolute atomic E-state index is 12.7. The number of nitrogens with one attached hydrogen (secondary N) is 2. The molecule has 0 aliphatic heterocycles. The van der Waals surface area contributed by atoms with Crippen LogP contribution in [-0.4, -0.2) is 40.6 Å². The molecular weight excluding hydrogens is 350 g/mol. The summed E-state index contributed by atoms with van der Waals surface area (Å²) in [5.74, 6) is -1.51. The molecule has 2 amide bonds. The molecule has 1 aromatic carbocycles. The molecule has 0 aliphatic rings. The van der Waals surface area contributed by atoms with Crippen LogP contribution in [0.1, 0.15) is 42.7 Å². The number of ether oxygens (including phenoxy) is 1. The summed E-state index contributed by atoms with van der Waals surface area (Å²) < 4.78 is 5.65. The quantitative estimate of drug-likeness (QED) is 0.609. The second-order valence-electron chi connectivity index (χ2n) is 6.33. The first-order chi connectivity index (χ1) is 12.8. The third-order valence-electron chi connectivity index (χ3n) is 3.72. The number of carbonyl (C=O) groups is 3. The molecule has 8 heteroatoms. The molecule has 1 aromatic heterocycles. The maximum Gasteiger partial charge on any atom is 0.303 e. The van der Waals surface area contributed by atoms with Crippen molar-refractivity contribution < 1.29 is 24.2 Å². The van der Waals surface area contributed by atoms with Crippen molar-refractivity contribution in [2.45, 2.75) is 39.7 Å². The minimum Gasteiger partial charge on any atom is -0.481 e. The molecule has 8 nitrogen and oxygen atoms in total. The molecule has 27 heavy (non-hydrogen) atoms. The monoisotopic (exact) mass is 373 g/mol. The molecule has 2 aromatic rings. The van der Waals surface area contributed by atoms with Gasteiger partial charge in [0.15, 0.2) is 12.5 Å². The number of fused-ring (bicyclic) bond motifs is 1. The molecule has 0 spiro atoms. The summed E-state index contributed by atoms with van der Waals surface area (Å²) in [4.78, 5) is 39.4. The van der Waals surface area contributed by atoms with Gasteiger partial charge in [-0.05, 0) is 26.8 Å². The lowest BCUT2D eigenvalue weighted by Gasteiger charge is -2.17. The van der Waals surface area contributed by atoms with Crippen molar-refractivity contribution in [3.05, 3.63) is 35.5 Å². The van der Waals surface area contributed by atoms with Crippen LogP contribution in [0.2, 0.25) is 0 Å². The predicted molar refractivity (Wildman–Crippen MR) is 99.6 cm³/mol. The number of aromatic nitrogens is 1. The Hall–Kier alpha value is -3.16. The number of nitrogens with zero attached hydrogens (tertiary/aromatic N) is 1. The molecule has 0 bridgehead atoms. The highest BCUT2D eigenvalue weighted by Gasteiger charge is 2.21. The van der Waals surface area contributed by atoms with Gasteiger partial charge in [0.05, 0.1) is 23.2 Å². The van der Waals surface area contributed by atoms with Crippen LogP contribution in [0.15, 0.2) is 24.3 Å². The smallest absolute Gasteiger partial charge is 0.303 e. The number of carboxylic acids is 1. The number of hydrogen-bond donors (Lipinski definition) is 3. The van der Waals surface area contributed by atoms with Crippen molar-refractivity contribution in [1.82, 2.24) is 15.6 Å². The van der Waals surface area contributed by atoms with Crippen LogP contribution in [0, 0.1) is 6.92 Å². The zero-order valence-corrected chi connectivity index (χ0v) is 15.5. The van der Waals surface area contributed by atoms with E-state index in [1.54, 1.807) is 13.0 Å². The molecular formula is C19H23N3O5. The second-order valence-corrected chi connectivity index (χ2v) is 6.33. The number of hydrogen-bond acceptors (Lipinski definition) is 5. The van der Waals surface area contributed by atoms with Gasteiger partial charge in [-0.2, -0.15) is 0 Å². The molecule has 144 valence electrons. The topological polar surface area (TPSA) is 118 Å². The molecule has 0 radical (unpaired) electrons. The molecule has 3 N–H and O–H groups in total. The van der Waals surface area contributed by atoms with E-state index in [4.69, 9.17) is 9.84 Å². The van der Waals surface area contributed by atoms with Crippen LogP contribution in [0.3, 0.4) is 0 Å². The Labute approximate surface area is 156 Å². The number of amides is 2. The minimum atomic E-state index is -1.05. The number of aliphatic carboxylic acids is 1. The van der Waals surface area contributed by atoms with Crippen LogP contribution in [0.5, 0.6) is 5.75 Å². The number of carbonyl (C=O) groups excluding carboxylic acids is 2. The number of aryl methyl sites for hydroxylation is 1. The summed E-state index contributed by atoms with van der Waals surface area (Å²) in [6.07, 6.45) is -0.404. The van der Waals surface area contributed by atoms with Gasteiger partial charge in [-0.3, -0.25) is 14.4 Å². The van der Waals surface area contributed by atoms with E-state index >= 15 is 0 Å². The summed E-state index contributed by atoms with van der Waals surface area (Å²) in [6, 6.07) is 7.18. The minimum absolute atomic E-state index is 0.0618. The first kappa shape index (κ1) is 20.2. The molecule has 0 saturated carbocycles. The lowest BCUT2D eigenvalue weighted by molar-refractivity contribution is -0.139. The Balaban J connectivity index is 2.26. The Morgan fingerprint density at radius 2 is 1.89 bits per heavy atom. The van der Waals surface area contributed by atoms with Crippen molar-refractivity contribution in [3.8, 4) is 5.75 Å². The maximum atomic E-state index is 12.7. The highest BCUT2D eigenvalue weighted by Crippen LogP contribution is 2.29. The van der Waals surface area contributed by atoms with Crippen LogP contribution >= 0.6 is 0 Å². The Morgan fingerprint density at radius 3 is 2.56 bits per heavy atom. The summed E-state index contributed by atoms with van der Waals surface area (Å²) in [5, 5.41) is 14.6.